The van der Waals surface area contributed by atoms with Crippen LogP contribution in [0.15, 0.2) is 52.3 Å². The number of nitrogens with one attached hydrogen (secondary N) is 1. The van der Waals surface area contributed by atoms with Gasteiger partial charge in [-0.2, -0.15) is 0 Å². The highest BCUT2D eigenvalue weighted by Crippen LogP contribution is 2.53. The topological polar surface area (TPSA) is 109 Å². The van der Waals surface area contributed by atoms with Crippen LogP contribution in [0.2, 0.25) is 0 Å². The van der Waals surface area contributed by atoms with Crippen molar-refractivity contribution in [1.82, 2.24) is 9.88 Å². The Kier molecular flexibility index (Phi) is 7.65. The summed E-state index contributed by atoms with van der Waals surface area (Å²) in [6.07, 6.45) is 3.14. The number of thioether (sulfide) groups is 1. The van der Waals surface area contributed by atoms with Crippen LogP contribution in [0, 0.1) is 12.8 Å². The van der Waals surface area contributed by atoms with E-state index in [0.717, 1.165) is 59.7 Å². The number of thiazole rings is 1. The van der Waals surface area contributed by atoms with Crippen molar-refractivity contribution in [2.24, 2.45) is 5.92 Å². The minimum Gasteiger partial charge on any atom is -0.490 e. The highest BCUT2D eigenvalue weighted by atomic mass is 32.2. The average molecular weight is 594 g/mol. The number of anilines is 1. The minimum atomic E-state index is -0.699. The molecule has 1 aromatic heterocycles. The Morgan fingerprint density at radius 3 is 2.46 bits per heavy atom. The van der Waals surface area contributed by atoms with Crippen LogP contribution in [0.4, 0.5) is 5.69 Å². The van der Waals surface area contributed by atoms with Crippen molar-refractivity contribution in [1.29, 1.82) is 0 Å². The van der Waals surface area contributed by atoms with Gasteiger partial charge in [0.25, 0.3) is 5.91 Å². The molecule has 2 fully saturated rings. The molecule has 41 heavy (non-hydrogen) atoms. The van der Waals surface area contributed by atoms with E-state index in [1.54, 1.807) is 18.2 Å². The van der Waals surface area contributed by atoms with Crippen LogP contribution in [0.3, 0.4) is 0 Å². The van der Waals surface area contributed by atoms with Crippen molar-refractivity contribution >= 4 is 46.5 Å². The zero-order valence-electron chi connectivity index (χ0n) is 22.9. The predicted molar refractivity (Wildman–Crippen MR) is 157 cm³/mol. The summed E-state index contributed by atoms with van der Waals surface area (Å²) in [5.41, 5.74) is 2.30. The molecule has 3 aliphatic heterocycles. The molecule has 2 unspecified atom stereocenters. The van der Waals surface area contributed by atoms with Gasteiger partial charge in [0.15, 0.2) is 18.1 Å². The summed E-state index contributed by atoms with van der Waals surface area (Å²) in [5, 5.41) is -0.0660. The maximum Gasteiger partial charge on any atom is 0.305 e. The fraction of sp³-hybridized carbons (Fsp3) is 0.400. The molecule has 0 spiro atoms. The number of ether oxygens (including phenoxy) is 2. The third kappa shape index (κ3) is 5.17. The van der Waals surface area contributed by atoms with E-state index in [1.165, 1.54) is 16.7 Å². The molecule has 214 valence electrons. The summed E-state index contributed by atoms with van der Waals surface area (Å²) >= 11 is 2.31. The monoisotopic (exact) mass is 593 g/mol. The second kappa shape index (κ2) is 11.4. The smallest absolute Gasteiger partial charge is 0.305 e. The molecule has 3 aliphatic rings. The number of aromatic nitrogens is 1. The standard InChI is InChI=1S/C30H31N3O6S2/c1-3-38-21-15-18(9-12-20(21)39-16-22(34)32-13-5-4-6-14-32)23-24-26(40-27-25(23)41-30(37)31-27)29(36)33(28(24)35)19-10-7-17(2)8-11-19/h7-12,15,23-24,26H,3-6,13-14,16H2,1-2H3,(H,31,37)/t23-,24?,26?/m1/s1. The summed E-state index contributed by atoms with van der Waals surface area (Å²) in [7, 11) is 0. The SMILES string of the molecule is CCOc1cc([C@H]2c3sc(=O)[nH]c3SC3C(=O)N(c4ccc(C)cc4)C(=O)C32)ccc1OCC(=O)N1CCCCC1. The van der Waals surface area contributed by atoms with E-state index in [4.69, 9.17) is 9.47 Å². The Hall–Kier alpha value is -3.57. The van der Waals surface area contributed by atoms with Crippen LogP contribution in [0.25, 0.3) is 0 Å². The van der Waals surface area contributed by atoms with Gasteiger partial charge >= 0.3 is 4.87 Å². The summed E-state index contributed by atoms with van der Waals surface area (Å²) in [5.74, 6) is -1.000. The molecule has 2 aromatic carbocycles. The average Bonchev–Trinajstić information content (AvgIpc) is 3.47. The highest BCUT2D eigenvalue weighted by Gasteiger charge is 2.56. The summed E-state index contributed by atoms with van der Waals surface area (Å²) < 4.78 is 11.8. The largest absolute Gasteiger partial charge is 0.490 e. The molecule has 0 radical (unpaired) electrons. The first kappa shape index (κ1) is 27.6. The van der Waals surface area contributed by atoms with Crippen molar-refractivity contribution in [2.75, 3.05) is 31.2 Å². The first-order valence-corrected chi connectivity index (χ1v) is 15.6. The van der Waals surface area contributed by atoms with Crippen molar-refractivity contribution in [3.8, 4) is 11.5 Å². The molecule has 3 aromatic rings. The van der Waals surface area contributed by atoms with Gasteiger partial charge in [0.1, 0.15) is 5.25 Å². The van der Waals surface area contributed by atoms with Crippen molar-refractivity contribution < 1.29 is 23.9 Å². The number of imide groups is 1. The lowest BCUT2D eigenvalue weighted by molar-refractivity contribution is -0.134. The fourth-order valence-corrected chi connectivity index (χ4v) is 8.32. The predicted octanol–water partition coefficient (Wildman–Crippen LogP) is 4.33. The molecule has 0 saturated carbocycles. The van der Waals surface area contributed by atoms with Crippen LogP contribution in [0.1, 0.15) is 48.1 Å². The maximum absolute atomic E-state index is 14.0. The number of rotatable bonds is 7. The summed E-state index contributed by atoms with van der Waals surface area (Å²) in [4.78, 5) is 59.2. The molecule has 3 atom stereocenters. The Labute approximate surface area is 245 Å². The normalized spacial score (nSPS) is 22.0. The number of H-pyrrole nitrogens is 1. The Balaban J connectivity index is 1.34. The highest BCUT2D eigenvalue weighted by molar-refractivity contribution is 8.00. The molecule has 6 rings (SSSR count). The van der Waals surface area contributed by atoms with E-state index in [2.05, 4.69) is 4.98 Å². The molecule has 1 N–H and O–H groups in total. The number of carbonyl (C=O) groups excluding carboxylic acids is 3. The molecular weight excluding hydrogens is 562 g/mol. The van der Waals surface area contributed by atoms with Gasteiger partial charge < -0.3 is 19.4 Å². The van der Waals surface area contributed by atoms with E-state index in [9.17, 15) is 19.2 Å². The van der Waals surface area contributed by atoms with Gasteiger partial charge in [-0.25, -0.2) is 4.90 Å². The number of nitrogens with zero attached hydrogens (tertiary/aromatic N) is 2. The van der Waals surface area contributed by atoms with Crippen molar-refractivity contribution in [3.05, 3.63) is 68.1 Å². The van der Waals surface area contributed by atoms with E-state index in [0.29, 0.717) is 28.8 Å². The van der Waals surface area contributed by atoms with Gasteiger partial charge in [-0.05, 0) is 62.9 Å². The van der Waals surface area contributed by atoms with Crippen LogP contribution in [0.5, 0.6) is 11.5 Å². The van der Waals surface area contributed by atoms with Crippen LogP contribution in [-0.2, 0) is 14.4 Å². The lowest BCUT2D eigenvalue weighted by Gasteiger charge is -2.30. The van der Waals surface area contributed by atoms with E-state index >= 15 is 0 Å². The van der Waals surface area contributed by atoms with E-state index in [1.807, 2.05) is 43.0 Å². The lowest BCUT2D eigenvalue weighted by atomic mass is 9.83. The van der Waals surface area contributed by atoms with Crippen LogP contribution >= 0.6 is 23.1 Å². The lowest BCUT2D eigenvalue weighted by Crippen LogP contribution is -2.38. The summed E-state index contributed by atoms with van der Waals surface area (Å²) in [6.45, 7) is 5.58. The molecular formula is C30H31N3O6S2. The molecule has 2 saturated heterocycles. The number of amides is 3. The number of hydrogen-bond donors (Lipinski definition) is 1. The van der Waals surface area contributed by atoms with Gasteiger partial charge in [0, 0.05) is 23.9 Å². The zero-order chi connectivity index (χ0) is 28.7. The first-order valence-electron chi connectivity index (χ1n) is 13.9. The number of likely N-dealkylation sites (tertiary alicyclic amines) is 1. The Morgan fingerprint density at radius 2 is 1.73 bits per heavy atom. The van der Waals surface area contributed by atoms with Crippen molar-refractivity contribution in [2.45, 2.75) is 49.3 Å². The second-order valence-electron chi connectivity index (χ2n) is 10.5. The Morgan fingerprint density at radius 1 is 0.976 bits per heavy atom. The molecule has 4 heterocycles. The third-order valence-electron chi connectivity index (χ3n) is 7.80. The van der Waals surface area contributed by atoms with Gasteiger partial charge in [-0.3, -0.25) is 19.2 Å². The summed E-state index contributed by atoms with van der Waals surface area (Å²) in [6, 6.07) is 12.7. The molecule has 3 amide bonds. The van der Waals surface area contributed by atoms with E-state index < -0.39 is 17.1 Å². The van der Waals surface area contributed by atoms with Gasteiger partial charge in [0.05, 0.1) is 23.2 Å². The third-order valence-corrected chi connectivity index (χ3v) is 10.2. The Bertz CT molecular complexity index is 1540. The number of hydrogen-bond acceptors (Lipinski definition) is 8. The molecule has 0 aliphatic carbocycles. The molecule has 11 heteroatoms. The second-order valence-corrected chi connectivity index (χ2v) is 12.6. The fourth-order valence-electron chi connectivity index (χ4n) is 5.80. The quantitative estimate of drug-likeness (QED) is 0.406. The number of aryl methyl sites for hydroxylation is 1. The maximum atomic E-state index is 14.0. The first-order chi connectivity index (χ1) is 19.9. The van der Waals surface area contributed by atoms with Gasteiger partial charge in [-0.15, -0.1) is 0 Å². The number of aromatic amines is 1. The number of fused-ring (bicyclic) bond motifs is 2. The minimum absolute atomic E-state index is 0.0589. The number of piperidine rings is 1. The van der Waals surface area contributed by atoms with Gasteiger partial charge in [0.2, 0.25) is 11.8 Å². The van der Waals surface area contributed by atoms with Crippen LogP contribution < -0.4 is 19.2 Å². The number of carbonyl (C=O) groups is 3. The van der Waals surface area contributed by atoms with Gasteiger partial charge in [-0.1, -0.05) is 46.9 Å². The van der Waals surface area contributed by atoms with E-state index in [-0.39, 0.29) is 29.2 Å². The molecule has 0 bridgehead atoms. The molecule has 9 nitrogen and oxygen atoms in total. The van der Waals surface area contributed by atoms with Crippen molar-refractivity contribution in [3.63, 3.8) is 0 Å². The number of benzene rings is 2. The van der Waals surface area contributed by atoms with Crippen LogP contribution in [-0.4, -0.2) is 59.2 Å². The zero-order valence-corrected chi connectivity index (χ0v) is 24.5.